The molecule has 2 aliphatic rings. The number of hydrogen-bond acceptors (Lipinski definition) is 6. The first-order valence-corrected chi connectivity index (χ1v) is 12.1. The van der Waals surface area contributed by atoms with Gasteiger partial charge >= 0.3 is 0 Å². The van der Waals surface area contributed by atoms with Gasteiger partial charge in [0.1, 0.15) is 11.5 Å². The number of halogens is 1. The predicted octanol–water partition coefficient (Wildman–Crippen LogP) is 3.37. The lowest BCUT2D eigenvalue weighted by atomic mass is 9.91. The highest BCUT2D eigenvalue weighted by Crippen LogP contribution is 2.39. The summed E-state index contributed by atoms with van der Waals surface area (Å²) in [5, 5.41) is 12.0. The van der Waals surface area contributed by atoms with E-state index in [4.69, 9.17) is 16.0 Å². The number of para-hydroxylation sites is 1. The average Bonchev–Trinajstić information content (AvgIpc) is 3.49. The number of hydrogen-bond donors (Lipinski definition) is 1. The van der Waals surface area contributed by atoms with Gasteiger partial charge in [-0.25, -0.2) is 9.97 Å². The van der Waals surface area contributed by atoms with E-state index in [2.05, 4.69) is 9.97 Å². The second kappa shape index (κ2) is 8.35. The number of aromatic nitrogens is 4. The van der Waals surface area contributed by atoms with E-state index in [-0.39, 0.29) is 23.8 Å². The Kier molecular flexibility index (Phi) is 5.26. The molecule has 1 aliphatic heterocycles. The van der Waals surface area contributed by atoms with Crippen LogP contribution in [0, 0.1) is 0 Å². The van der Waals surface area contributed by atoms with E-state index in [1.54, 1.807) is 15.5 Å². The first kappa shape index (κ1) is 22.1. The van der Waals surface area contributed by atoms with Crippen molar-refractivity contribution in [3.63, 3.8) is 0 Å². The Balaban J connectivity index is 1.18. The predicted molar refractivity (Wildman–Crippen MR) is 129 cm³/mol. The molecular weight excluding hydrogens is 470 g/mol. The van der Waals surface area contributed by atoms with Gasteiger partial charge < -0.3 is 14.4 Å². The molecule has 3 aromatic heterocycles. The third kappa shape index (κ3) is 4.04. The van der Waals surface area contributed by atoms with E-state index in [9.17, 15) is 14.7 Å². The van der Waals surface area contributed by atoms with Crippen molar-refractivity contribution >= 4 is 28.5 Å². The number of rotatable bonds is 5. The highest BCUT2D eigenvalue weighted by atomic mass is 35.5. The Bertz CT molecular complexity index is 1460. The van der Waals surface area contributed by atoms with E-state index in [1.807, 2.05) is 30.3 Å². The fourth-order valence-electron chi connectivity index (χ4n) is 4.68. The highest BCUT2D eigenvalue weighted by Gasteiger charge is 2.36. The van der Waals surface area contributed by atoms with Gasteiger partial charge in [-0.15, -0.1) is 0 Å². The first-order valence-electron chi connectivity index (χ1n) is 11.7. The Morgan fingerprint density at radius 3 is 2.63 bits per heavy atom. The minimum Gasteiger partial charge on any atom is -0.435 e. The van der Waals surface area contributed by atoms with Crippen LogP contribution in [-0.4, -0.2) is 53.7 Å². The molecule has 10 heteroatoms. The Morgan fingerprint density at radius 2 is 1.91 bits per heavy atom. The maximum Gasteiger partial charge on any atom is 0.291 e. The smallest absolute Gasteiger partial charge is 0.291 e. The Morgan fingerprint density at radius 1 is 1.17 bits per heavy atom. The lowest BCUT2D eigenvalue weighted by Gasteiger charge is -2.38. The van der Waals surface area contributed by atoms with Gasteiger partial charge in [-0.2, -0.15) is 0 Å². The van der Waals surface area contributed by atoms with Crippen LogP contribution >= 0.6 is 11.6 Å². The van der Waals surface area contributed by atoms with Crippen molar-refractivity contribution < 1.29 is 14.3 Å². The summed E-state index contributed by atoms with van der Waals surface area (Å²) in [7, 11) is 0. The lowest BCUT2D eigenvalue weighted by Crippen LogP contribution is -2.49. The summed E-state index contributed by atoms with van der Waals surface area (Å²) in [4.78, 5) is 36.4. The number of carbonyl (C=O) groups is 1. The third-order valence-corrected chi connectivity index (χ3v) is 7.14. The van der Waals surface area contributed by atoms with Crippen molar-refractivity contribution in [1.82, 2.24) is 24.0 Å². The Labute approximate surface area is 205 Å². The molecule has 2 fully saturated rings. The molecule has 1 aliphatic carbocycles. The molecule has 0 atom stereocenters. The summed E-state index contributed by atoms with van der Waals surface area (Å²) < 4.78 is 8.78. The van der Waals surface area contributed by atoms with Crippen molar-refractivity contribution in [1.29, 1.82) is 0 Å². The maximum absolute atomic E-state index is 13.2. The Hall–Kier alpha value is -3.43. The van der Waals surface area contributed by atoms with Crippen LogP contribution in [-0.2, 0) is 6.54 Å². The molecule has 6 rings (SSSR count). The van der Waals surface area contributed by atoms with Crippen LogP contribution in [0.4, 0.5) is 0 Å². The fourth-order valence-corrected chi connectivity index (χ4v) is 4.97. The molecule has 0 radical (unpaired) electrons. The van der Waals surface area contributed by atoms with Gasteiger partial charge in [-0.05, 0) is 43.9 Å². The topological polar surface area (TPSA) is 106 Å². The molecule has 0 bridgehead atoms. The zero-order valence-corrected chi connectivity index (χ0v) is 19.7. The molecule has 0 spiro atoms. The van der Waals surface area contributed by atoms with Gasteiger partial charge in [0.25, 0.3) is 11.5 Å². The number of aliphatic hydroxyl groups is 1. The van der Waals surface area contributed by atoms with Crippen LogP contribution in [0.5, 0.6) is 0 Å². The van der Waals surface area contributed by atoms with Gasteiger partial charge in [0, 0.05) is 24.7 Å². The SMILES string of the molecule is O=C(c1cnc(C2CC2)o1)N1CCC(O)(Cn2cnc3c(cc(Cl)n3-c3ccccc3)c2=O)CC1. The van der Waals surface area contributed by atoms with E-state index < -0.39 is 5.60 Å². The molecule has 4 heterocycles. The van der Waals surface area contributed by atoms with E-state index >= 15 is 0 Å². The summed E-state index contributed by atoms with van der Waals surface area (Å²) >= 11 is 6.44. The zero-order valence-electron chi connectivity index (χ0n) is 18.9. The zero-order chi connectivity index (χ0) is 24.2. The standard InChI is InChI=1S/C25H24ClN5O4/c26-20-12-18-21(31(20)17-4-2-1-3-5-17)28-15-30(23(18)32)14-25(34)8-10-29(11-9-25)24(33)19-13-27-22(35-19)16-6-7-16/h1-5,12-13,15-16,34H,6-11,14H2. The molecule has 4 aromatic rings. The van der Waals surface area contributed by atoms with E-state index in [0.717, 1.165) is 18.5 Å². The summed E-state index contributed by atoms with van der Waals surface area (Å²) in [5.74, 6) is 0.990. The van der Waals surface area contributed by atoms with Crippen molar-refractivity contribution in [3.8, 4) is 5.69 Å². The van der Waals surface area contributed by atoms with Gasteiger partial charge in [-0.3, -0.25) is 18.7 Å². The maximum atomic E-state index is 13.2. The van der Waals surface area contributed by atoms with Crippen molar-refractivity contribution in [2.45, 2.75) is 43.7 Å². The number of nitrogens with zero attached hydrogens (tertiary/aromatic N) is 5. The normalized spacial score (nSPS) is 17.7. The molecule has 1 N–H and O–H groups in total. The second-order valence-corrected chi connectivity index (χ2v) is 9.79. The molecule has 1 amide bonds. The minimum atomic E-state index is -1.14. The third-order valence-electron chi connectivity index (χ3n) is 6.86. The molecule has 35 heavy (non-hydrogen) atoms. The largest absolute Gasteiger partial charge is 0.435 e. The molecule has 1 saturated heterocycles. The summed E-state index contributed by atoms with van der Waals surface area (Å²) in [6.45, 7) is 0.796. The van der Waals surface area contributed by atoms with Gasteiger partial charge in [0.2, 0.25) is 5.76 Å². The van der Waals surface area contributed by atoms with Crippen LogP contribution in [0.2, 0.25) is 5.15 Å². The van der Waals surface area contributed by atoms with Crippen LogP contribution in [0.15, 0.2) is 58.1 Å². The first-order chi connectivity index (χ1) is 16.9. The monoisotopic (exact) mass is 493 g/mol. The second-order valence-electron chi connectivity index (χ2n) is 9.41. The molecule has 180 valence electrons. The van der Waals surface area contributed by atoms with E-state index in [1.165, 1.54) is 17.1 Å². The van der Waals surface area contributed by atoms with Crippen LogP contribution in [0.3, 0.4) is 0 Å². The number of carbonyl (C=O) groups excluding carboxylic acids is 1. The number of piperidine rings is 1. The molecule has 9 nitrogen and oxygen atoms in total. The van der Waals surface area contributed by atoms with Gasteiger partial charge in [-0.1, -0.05) is 29.8 Å². The summed E-state index contributed by atoms with van der Waals surface area (Å²) in [5.41, 5.74) is -0.133. The number of amides is 1. The van der Waals surface area contributed by atoms with Gasteiger partial charge in [0.05, 0.1) is 23.7 Å². The van der Waals surface area contributed by atoms with E-state index in [0.29, 0.717) is 53.9 Å². The van der Waals surface area contributed by atoms with Crippen molar-refractivity contribution in [3.05, 3.63) is 76.1 Å². The molecule has 0 unspecified atom stereocenters. The van der Waals surface area contributed by atoms with Crippen LogP contribution < -0.4 is 5.56 Å². The number of benzene rings is 1. The number of oxazole rings is 1. The molecule has 1 saturated carbocycles. The summed E-state index contributed by atoms with van der Waals surface area (Å²) in [6.07, 6.45) is 5.70. The number of fused-ring (bicyclic) bond motifs is 1. The minimum absolute atomic E-state index is 0.0824. The average molecular weight is 494 g/mol. The lowest BCUT2D eigenvalue weighted by molar-refractivity contribution is -0.0304. The fraction of sp³-hybridized carbons (Fsp3) is 0.360. The van der Waals surface area contributed by atoms with Crippen LogP contribution in [0.25, 0.3) is 16.7 Å². The summed E-state index contributed by atoms with van der Waals surface area (Å²) in [6, 6.07) is 11.1. The quantitative estimate of drug-likeness (QED) is 0.457. The highest BCUT2D eigenvalue weighted by molar-refractivity contribution is 6.31. The van der Waals surface area contributed by atoms with Crippen molar-refractivity contribution in [2.24, 2.45) is 0 Å². The van der Waals surface area contributed by atoms with Crippen LogP contribution in [0.1, 0.15) is 48.0 Å². The molecule has 1 aromatic carbocycles. The van der Waals surface area contributed by atoms with Crippen molar-refractivity contribution in [2.75, 3.05) is 13.1 Å². The van der Waals surface area contributed by atoms with Gasteiger partial charge in [0.15, 0.2) is 11.5 Å². The number of likely N-dealkylation sites (tertiary alicyclic amines) is 1. The molecular formula is C25H24ClN5O4.